The summed E-state index contributed by atoms with van der Waals surface area (Å²) in [5.74, 6) is 0. The van der Waals surface area contributed by atoms with Crippen LogP contribution in [-0.4, -0.2) is 20.2 Å². The van der Waals surface area contributed by atoms with Crippen LogP contribution in [0.4, 0.5) is 0 Å². The Bertz CT molecular complexity index is 249. The van der Waals surface area contributed by atoms with Crippen molar-refractivity contribution in [3.8, 4) is 0 Å². The Labute approximate surface area is 87.2 Å². The van der Waals surface area contributed by atoms with Crippen molar-refractivity contribution in [2.45, 2.75) is 0 Å². The second kappa shape index (κ2) is 8.31. The fraction of sp³-hybridized carbons (Fsp3) is 0. The van der Waals surface area contributed by atoms with Gasteiger partial charge in [0.25, 0.3) is 0 Å². The summed E-state index contributed by atoms with van der Waals surface area (Å²) in [6.07, 6.45) is 11.8. The van der Waals surface area contributed by atoms with Crippen LogP contribution >= 0.6 is 0 Å². The Morgan fingerprint density at radius 2 is 1.80 bits per heavy atom. The molecule has 0 spiro atoms. The van der Waals surface area contributed by atoms with Crippen LogP contribution in [0.5, 0.6) is 0 Å². The molecule has 0 atom stereocenters. The first-order valence-electron chi connectivity index (χ1n) is 4.34. The lowest BCUT2D eigenvalue weighted by atomic mass is 10.7. The van der Waals surface area contributed by atoms with Gasteiger partial charge >= 0.3 is 0 Å². The van der Waals surface area contributed by atoms with Gasteiger partial charge in [-0.15, -0.1) is 0 Å². The van der Waals surface area contributed by atoms with Gasteiger partial charge in [-0.1, -0.05) is 0 Å². The molecule has 3 aromatic rings. The van der Waals surface area contributed by atoms with Crippen molar-refractivity contribution in [2.75, 3.05) is 0 Å². The highest BCUT2D eigenvalue weighted by molar-refractivity contribution is 4.79. The van der Waals surface area contributed by atoms with Crippen molar-refractivity contribution in [2.24, 2.45) is 0 Å². The number of hydrogen-bond acceptors (Lipinski definition) is 3. The molecule has 5 heteroatoms. The average molecular weight is 204 g/mol. The predicted octanol–water partition coefficient (Wildman–Crippen LogP) is 2.10. The number of nitrogens with zero attached hydrogens (tertiary/aromatic N) is 2. The Hall–Kier alpha value is -2.30. The van der Waals surface area contributed by atoms with E-state index in [2.05, 4.69) is 24.6 Å². The largest absolute Gasteiger partial charge is 0.473 e. The second-order valence-electron chi connectivity index (χ2n) is 2.32. The number of H-pyrrole nitrogens is 2. The fourth-order valence-electron chi connectivity index (χ4n) is 0.657. The van der Waals surface area contributed by atoms with E-state index in [-0.39, 0.29) is 0 Å². The molecule has 0 unspecified atom stereocenters. The van der Waals surface area contributed by atoms with E-state index in [9.17, 15) is 0 Å². The maximum atomic E-state index is 4.58. The van der Waals surface area contributed by atoms with Gasteiger partial charge in [0, 0.05) is 24.8 Å². The van der Waals surface area contributed by atoms with E-state index in [1.54, 1.807) is 43.6 Å². The maximum Gasteiger partial charge on any atom is 0.0919 e. The van der Waals surface area contributed by atoms with Crippen LogP contribution < -0.4 is 0 Å². The number of nitrogens with one attached hydrogen (secondary N) is 2. The Morgan fingerprint density at radius 1 is 0.933 bits per heavy atom. The minimum atomic E-state index is 1.62. The monoisotopic (exact) mass is 204 g/mol. The van der Waals surface area contributed by atoms with Gasteiger partial charge in [-0.3, -0.25) is 5.10 Å². The first kappa shape index (κ1) is 10.8. The molecule has 0 aliphatic carbocycles. The summed E-state index contributed by atoms with van der Waals surface area (Å²) in [7, 11) is 0. The van der Waals surface area contributed by atoms with Crippen molar-refractivity contribution < 1.29 is 4.42 Å². The molecule has 0 amide bonds. The summed E-state index contributed by atoms with van der Waals surface area (Å²) in [6.45, 7) is 0. The Morgan fingerprint density at radius 3 is 2.00 bits per heavy atom. The molecule has 0 aliphatic rings. The van der Waals surface area contributed by atoms with Gasteiger partial charge in [-0.25, -0.2) is 4.98 Å². The number of aromatic amines is 2. The highest BCUT2D eigenvalue weighted by Gasteiger charge is 1.59. The summed E-state index contributed by atoms with van der Waals surface area (Å²) in [5, 5.41) is 6.21. The molecule has 0 aliphatic heterocycles. The van der Waals surface area contributed by atoms with Gasteiger partial charge < -0.3 is 9.40 Å². The third-order valence-electron chi connectivity index (χ3n) is 1.24. The molecule has 0 saturated carbocycles. The molecule has 0 aromatic carbocycles. The Kier molecular flexibility index (Phi) is 5.97. The van der Waals surface area contributed by atoms with Gasteiger partial charge in [0.15, 0.2) is 0 Å². The van der Waals surface area contributed by atoms with Gasteiger partial charge in [0.05, 0.1) is 18.9 Å². The normalized spacial score (nSPS) is 8.00. The molecule has 0 fully saturated rings. The van der Waals surface area contributed by atoms with Crippen LogP contribution in [0.3, 0.4) is 0 Å². The van der Waals surface area contributed by atoms with Crippen LogP contribution in [0, 0.1) is 0 Å². The number of aromatic nitrogens is 4. The summed E-state index contributed by atoms with van der Waals surface area (Å²) >= 11 is 0. The molecular weight excluding hydrogens is 192 g/mol. The molecule has 15 heavy (non-hydrogen) atoms. The van der Waals surface area contributed by atoms with Crippen molar-refractivity contribution in [1.29, 1.82) is 0 Å². The lowest BCUT2D eigenvalue weighted by Crippen LogP contribution is -1.53. The molecule has 3 heterocycles. The molecule has 3 rings (SSSR count). The first-order chi connectivity index (χ1) is 7.50. The van der Waals surface area contributed by atoms with Crippen LogP contribution in [0.15, 0.2) is 66.3 Å². The summed E-state index contributed by atoms with van der Waals surface area (Å²) < 4.78 is 4.58. The number of rotatable bonds is 0. The summed E-state index contributed by atoms with van der Waals surface area (Å²) in [5.41, 5.74) is 0. The van der Waals surface area contributed by atoms with E-state index in [4.69, 9.17) is 0 Å². The average Bonchev–Trinajstić information content (AvgIpc) is 3.09. The predicted molar refractivity (Wildman–Crippen MR) is 55.9 cm³/mol. The fourth-order valence-corrected chi connectivity index (χ4v) is 0.657. The van der Waals surface area contributed by atoms with Crippen LogP contribution in [0.25, 0.3) is 0 Å². The zero-order valence-corrected chi connectivity index (χ0v) is 8.08. The highest BCUT2D eigenvalue weighted by Crippen LogP contribution is 1.79. The highest BCUT2D eigenvalue weighted by atomic mass is 16.3. The van der Waals surface area contributed by atoms with Crippen LogP contribution in [0.2, 0.25) is 0 Å². The third kappa shape index (κ3) is 6.83. The topological polar surface area (TPSA) is 70.5 Å². The van der Waals surface area contributed by atoms with Crippen LogP contribution in [-0.2, 0) is 0 Å². The molecule has 5 nitrogen and oxygen atoms in total. The number of imidazole rings is 1. The molecule has 3 aromatic heterocycles. The molecule has 0 bridgehead atoms. The molecular formula is C10H12N4O. The van der Waals surface area contributed by atoms with E-state index < -0.39 is 0 Å². The first-order valence-corrected chi connectivity index (χ1v) is 4.34. The third-order valence-corrected chi connectivity index (χ3v) is 1.24. The van der Waals surface area contributed by atoms with E-state index in [1.807, 2.05) is 18.2 Å². The van der Waals surface area contributed by atoms with Crippen molar-refractivity contribution in [3.63, 3.8) is 0 Å². The minimum absolute atomic E-state index is 1.62. The van der Waals surface area contributed by atoms with Gasteiger partial charge in [0.1, 0.15) is 0 Å². The van der Waals surface area contributed by atoms with Crippen molar-refractivity contribution >= 4 is 0 Å². The van der Waals surface area contributed by atoms with Gasteiger partial charge in [-0.2, -0.15) is 5.10 Å². The standard InChI is InChI=1S/C4H4O.2C3H4N2/c1-2-4-5-3-1;1-2-5-3-4-1;1-2-4-5-3-1/h1-4H;2*1-3H,(H,4,5). The zero-order chi connectivity index (χ0) is 10.6. The summed E-state index contributed by atoms with van der Waals surface area (Å²) in [4.78, 5) is 6.42. The second-order valence-corrected chi connectivity index (χ2v) is 2.32. The quantitative estimate of drug-likeness (QED) is 0.589. The van der Waals surface area contributed by atoms with Crippen LogP contribution in [0.1, 0.15) is 0 Å². The van der Waals surface area contributed by atoms with E-state index in [0.717, 1.165) is 0 Å². The SMILES string of the molecule is c1c[nH]cn1.c1ccoc1.c1cn[nH]c1. The van der Waals surface area contributed by atoms with E-state index in [0.29, 0.717) is 0 Å². The van der Waals surface area contributed by atoms with E-state index in [1.165, 1.54) is 0 Å². The van der Waals surface area contributed by atoms with E-state index >= 15 is 0 Å². The van der Waals surface area contributed by atoms with Crippen molar-refractivity contribution in [3.05, 3.63) is 61.8 Å². The van der Waals surface area contributed by atoms with Gasteiger partial charge in [-0.05, 0) is 18.2 Å². The Balaban J connectivity index is 0.000000112. The van der Waals surface area contributed by atoms with Gasteiger partial charge in [0.2, 0.25) is 0 Å². The van der Waals surface area contributed by atoms with Crippen molar-refractivity contribution in [1.82, 2.24) is 20.2 Å². The smallest absolute Gasteiger partial charge is 0.0919 e. The minimum Gasteiger partial charge on any atom is -0.473 e. The summed E-state index contributed by atoms with van der Waals surface area (Å²) in [6, 6.07) is 5.50. The molecule has 2 N–H and O–H groups in total. The zero-order valence-electron chi connectivity index (χ0n) is 8.08. The number of furan rings is 1. The molecule has 0 saturated heterocycles. The lowest BCUT2D eigenvalue weighted by molar-refractivity contribution is 0.567. The molecule has 0 radical (unpaired) electrons. The lowest BCUT2D eigenvalue weighted by Gasteiger charge is -1.50. The number of hydrogen-bond donors (Lipinski definition) is 2. The molecule has 78 valence electrons. The maximum absolute atomic E-state index is 4.58.